The number of nitriles is 1. The summed E-state index contributed by atoms with van der Waals surface area (Å²) in [4.78, 5) is 38.6. The van der Waals surface area contributed by atoms with E-state index in [2.05, 4.69) is 5.32 Å². The molecule has 232 valence electrons. The molecule has 0 aliphatic rings. The number of nitrogens with one attached hydrogen (secondary N) is 1. The Morgan fingerprint density at radius 2 is 1.57 bits per heavy atom. The van der Waals surface area contributed by atoms with Crippen molar-refractivity contribution in [2.75, 3.05) is 11.9 Å². The van der Waals surface area contributed by atoms with Gasteiger partial charge in [0.2, 0.25) is 0 Å². The first-order chi connectivity index (χ1) is 20.5. The normalized spacial score (nSPS) is 11.7. The second-order valence-electron chi connectivity index (χ2n) is 10.3. The lowest BCUT2D eigenvalue weighted by molar-refractivity contribution is -0.210. The molecule has 0 unspecified atom stereocenters. The molecule has 0 spiro atoms. The van der Waals surface area contributed by atoms with Crippen LogP contribution in [-0.2, 0) is 17.6 Å². The number of halogens is 7. The highest BCUT2D eigenvalue weighted by molar-refractivity contribution is 6.34. The van der Waals surface area contributed by atoms with E-state index in [1.807, 2.05) is 6.07 Å². The summed E-state index contributed by atoms with van der Waals surface area (Å²) < 4.78 is 70.4. The highest BCUT2D eigenvalue weighted by Crippen LogP contribution is 2.39. The zero-order valence-corrected chi connectivity index (χ0v) is 24.8. The Hall–Kier alpha value is -4.01. The number of rotatable bonds is 12. The summed E-state index contributed by atoms with van der Waals surface area (Å²) in [5, 5.41) is 12.0. The first-order valence-corrected chi connectivity index (χ1v) is 13.8. The van der Waals surface area contributed by atoms with Gasteiger partial charge in [0.05, 0.1) is 21.2 Å². The third-order valence-electron chi connectivity index (χ3n) is 6.74. The Balaban J connectivity index is 1.84. The van der Waals surface area contributed by atoms with Crippen LogP contribution < -0.4 is 10.1 Å². The second kappa shape index (κ2) is 14.2. The number of aryl methyl sites for hydroxylation is 1. The monoisotopic (exact) mass is 654 g/mol. The fourth-order valence-electron chi connectivity index (χ4n) is 3.98. The van der Waals surface area contributed by atoms with Crippen LogP contribution in [0.4, 0.5) is 27.6 Å². The second-order valence-corrected chi connectivity index (χ2v) is 11.1. The molecule has 0 aliphatic heterocycles. The topological polar surface area (TPSA) is 96.3 Å². The standard InChI is InChI=1S/C31H25Cl2F5N2O4/c1-30(2,31(36,37)38)27(42)10-5-17-3-7-24(33)21(11-17)25(41)13-18-4-9-26(44-16-28(34)35)22(12-18)29(43)40-20-6-8-23(32)19(14-20)15-39/h3-4,6-9,11-12,14,28H,5,10,13,16H2,1-2H3,(H,40,43). The number of Topliss-reactive ketones (excluding diaryl/α,β-unsaturated/α-hetero) is 2. The maximum atomic E-state index is 13.2. The lowest BCUT2D eigenvalue weighted by Gasteiger charge is -2.26. The summed E-state index contributed by atoms with van der Waals surface area (Å²) in [5.41, 5.74) is -1.67. The molecule has 0 atom stereocenters. The highest BCUT2D eigenvalue weighted by atomic mass is 35.5. The largest absolute Gasteiger partial charge is 0.487 e. The molecule has 3 aromatic rings. The smallest absolute Gasteiger partial charge is 0.400 e. The Kier molecular flexibility index (Phi) is 11.1. The minimum absolute atomic E-state index is 0.0425. The Morgan fingerprint density at radius 3 is 2.20 bits per heavy atom. The highest BCUT2D eigenvalue weighted by Gasteiger charge is 2.51. The molecule has 0 radical (unpaired) electrons. The van der Waals surface area contributed by atoms with Gasteiger partial charge in [0.25, 0.3) is 12.3 Å². The summed E-state index contributed by atoms with van der Waals surface area (Å²) in [6.07, 6.45) is -8.31. The van der Waals surface area contributed by atoms with Crippen molar-refractivity contribution in [3.8, 4) is 11.8 Å². The van der Waals surface area contributed by atoms with Gasteiger partial charge in [-0.05, 0) is 73.9 Å². The van der Waals surface area contributed by atoms with E-state index in [4.69, 9.17) is 27.9 Å². The Bertz CT molecular complexity index is 1620. The average molecular weight is 655 g/mol. The van der Waals surface area contributed by atoms with Crippen LogP contribution in [0.1, 0.15) is 57.7 Å². The molecule has 13 heteroatoms. The SMILES string of the molecule is CC(C)(C(=O)CCc1ccc(Cl)c(C(=O)Cc2ccc(OCC(F)F)c(C(=O)Nc3ccc(Cl)c(C#N)c3)c2)c1)C(F)(F)F. The Morgan fingerprint density at radius 1 is 0.932 bits per heavy atom. The lowest BCUT2D eigenvalue weighted by atomic mass is 9.84. The number of benzene rings is 3. The van der Waals surface area contributed by atoms with Crippen LogP contribution in [0.2, 0.25) is 10.0 Å². The lowest BCUT2D eigenvalue weighted by Crippen LogP contribution is -2.39. The van der Waals surface area contributed by atoms with Crippen molar-refractivity contribution >= 4 is 46.4 Å². The predicted octanol–water partition coefficient (Wildman–Crippen LogP) is 8.28. The van der Waals surface area contributed by atoms with Crippen LogP contribution in [-0.4, -0.2) is 36.7 Å². The van der Waals surface area contributed by atoms with Crippen LogP contribution in [0.5, 0.6) is 5.75 Å². The summed E-state index contributed by atoms with van der Waals surface area (Å²) in [5.74, 6) is -2.47. The van der Waals surface area contributed by atoms with Gasteiger partial charge in [0.1, 0.15) is 29.6 Å². The van der Waals surface area contributed by atoms with Crippen molar-refractivity contribution in [2.24, 2.45) is 5.41 Å². The van der Waals surface area contributed by atoms with Gasteiger partial charge in [-0.15, -0.1) is 0 Å². The average Bonchev–Trinajstić information content (AvgIpc) is 2.95. The number of ketones is 2. The molecule has 6 nitrogen and oxygen atoms in total. The molecule has 44 heavy (non-hydrogen) atoms. The number of alkyl halides is 5. The number of amides is 1. The fourth-order valence-corrected chi connectivity index (χ4v) is 4.36. The predicted molar refractivity (Wildman–Crippen MR) is 155 cm³/mol. The summed E-state index contributed by atoms with van der Waals surface area (Å²) in [7, 11) is 0. The van der Waals surface area contributed by atoms with Gasteiger partial charge in [0, 0.05) is 24.1 Å². The van der Waals surface area contributed by atoms with Crippen molar-refractivity contribution in [1.82, 2.24) is 0 Å². The van der Waals surface area contributed by atoms with Crippen molar-refractivity contribution < 1.29 is 41.1 Å². The molecular formula is C31H25Cl2F5N2O4. The zero-order valence-electron chi connectivity index (χ0n) is 23.3. The van der Waals surface area contributed by atoms with Crippen LogP contribution in [0.3, 0.4) is 0 Å². The molecule has 0 saturated carbocycles. The molecule has 0 saturated heterocycles. The van der Waals surface area contributed by atoms with Crippen molar-refractivity contribution in [1.29, 1.82) is 5.26 Å². The van der Waals surface area contributed by atoms with Crippen LogP contribution in [0, 0.1) is 16.7 Å². The van der Waals surface area contributed by atoms with Gasteiger partial charge < -0.3 is 10.1 Å². The summed E-state index contributed by atoms with van der Waals surface area (Å²) >= 11 is 12.2. The maximum Gasteiger partial charge on any atom is 0.400 e. The van der Waals surface area contributed by atoms with E-state index in [-0.39, 0.29) is 51.0 Å². The van der Waals surface area contributed by atoms with Crippen LogP contribution >= 0.6 is 23.2 Å². The van der Waals surface area contributed by atoms with E-state index >= 15 is 0 Å². The van der Waals surface area contributed by atoms with E-state index in [9.17, 15) is 41.6 Å². The Labute approximate surface area is 259 Å². The van der Waals surface area contributed by atoms with Crippen LogP contribution in [0.25, 0.3) is 0 Å². The number of hydrogen-bond donors (Lipinski definition) is 1. The number of carbonyl (C=O) groups is 3. The minimum Gasteiger partial charge on any atom is -0.487 e. The number of ether oxygens (including phenoxy) is 1. The van der Waals surface area contributed by atoms with Gasteiger partial charge in [0.15, 0.2) is 5.78 Å². The van der Waals surface area contributed by atoms with Crippen molar-refractivity contribution in [2.45, 2.75) is 45.7 Å². The quantitative estimate of drug-likeness (QED) is 0.157. The van der Waals surface area contributed by atoms with Gasteiger partial charge in [-0.1, -0.05) is 35.3 Å². The fraction of sp³-hybridized carbons (Fsp3) is 0.290. The van der Waals surface area contributed by atoms with Crippen molar-refractivity contribution in [3.63, 3.8) is 0 Å². The molecule has 3 aromatic carbocycles. The number of carbonyl (C=O) groups excluding carboxylic acids is 3. The molecule has 0 heterocycles. The molecular weight excluding hydrogens is 630 g/mol. The first kappa shape index (κ1) is 34.5. The number of hydrogen-bond acceptors (Lipinski definition) is 5. The molecule has 1 N–H and O–H groups in total. The van der Waals surface area contributed by atoms with Crippen LogP contribution in [0.15, 0.2) is 54.6 Å². The van der Waals surface area contributed by atoms with Crippen molar-refractivity contribution in [3.05, 3.63) is 92.5 Å². The van der Waals surface area contributed by atoms with Gasteiger partial charge in [-0.25, -0.2) is 8.78 Å². The van der Waals surface area contributed by atoms with Gasteiger partial charge in [-0.2, -0.15) is 18.4 Å². The van der Waals surface area contributed by atoms with E-state index in [0.29, 0.717) is 11.1 Å². The van der Waals surface area contributed by atoms with E-state index in [1.54, 1.807) is 0 Å². The zero-order chi connectivity index (χ0) is 32.8. The van der Waals surface area contributed by atoms with E-state index in [1.165, 1.54) is 54.6 Å². The van der Waals surface area contributed by atoms with E-state index < -0.39 is 48.5 Å². The molecule has 0 aromatic heterocycles. The number of nitrogens with zero attached hydrogens (tertiary/aromatic N) is 1. The third-order valence-corrected chi connectivity index (χ3v) is 7.40. The molecule has 0 fully saturated rings. The van der Waals surface area contributed by atoms with Gasteiger partial charge >= 0.3 is 6.18 Å². The molecule has 3 rings (SSSR count). The van der Waals surface area contributed by atoms with Gasteiger partial charge in [-0.3, -0.25) is 14.4 Å². The number of anilines is 1. The summed E-state index contributed by atoms with van der Waals surface area (Å²) in [6, 6.07) is 14.2. The molecule has 0 aliphatic carbocycles. The third kappa shape index (κ3) is 8.55. The summed E-state index contributed by atoms with van der Waals surface area (Å²) in [6.45, 7) is 0.621. The minimum atomic E-state index is -4.71. The maximum absolute atomic E-state index is 13.2. The molecule has 1 amide bonds. The molecule has 0 bridgehead atoms. The van der Waals surface area contributed by atoms with E-state index in [0.717, 1.165) is 13.8 Å². The first-order valence-electron chi connectivity index (χ1n) is 13.0.